The lowest BCUT2D eigenvalue weighted by molar-refractivity contribution is 0.185. The number of anilines is 2. The maximum atomic E-state index is 6.03. The molecule has 0 aliphatic heterocycles. The monoisotopic (exact) mass is 291 g/mol. The molecule has 0 fully saturated rings. The highest BCUT2D eigenvalue weighted by Gasteiger charge is 2.07. The molecule has 0 atom stereocenters. The molecule has 106 valence electrons. The largest absolute Gasteiger partial charge is 0.380 e. The van der Waals surface area contributed by atoms with E-state index in [1.165, 1.54) is 0 Å². The standard InChI is InChI=1S/C15H18ClN3O/c1-10(2)15-18-13(16)8-14(19-15)17-12-6-4-5-11(7-12)9-20-3/h4-8,10H,9H2,1-3H3,(H,17,18,19). The third-order valence-corrected chi connectivity index (χ3v) is 2.93. The molecule has 0 saturated heterocycles. The third-order valence-electron chi connectivity index (χ3n) is 2.74. The van der Waals surface area contributed by atoms with E-state index in [0.29, 0.717) is 17.6 Å². The van der Waals surface area contributed by atoms with Crippen LogP contribution in [0.2, 0.25) is 5.15 Å². The van der Waals surface area contributed by atoms with Gasteiger partial charge in [-0.3, -0.25) is 0 Å². The first kappa shape index (κ1) is 14.8. The van der Waals surface area contributed by atoms with Crippen molar-refractivity contribution >= 4 is 23.1 Å². The average Bonchev–Trinajstić information content (AvgIpc) is 2.38. The van der Waals surface area contributed by atoms with Crippen molar-refractivity contribution in [3.8, 4) is 0 Å². The van der Waals surface area contributed by atoms with E-state index in [1.807, 2.05) is 38.1 Å². The minimum atomic E-state index is 0.231. The van der Waals surface area contributed by atoms with E-state index in [1.54, 1.807) is 13.2 Å². The predicted octanol–water partition coefficient (Wildman–Crippen LogP) is 4.14. The average molecular weight is 292 g/mol. The van der Waals surface area contributed by atoms with Crippen LogP contribution in [0.15, 0.2) is 30.3 Å². The highest BCUT2D eigenvalue weighted by Crippen LogP contribution is 2.21. The summed E-state index contributed by atoms with van der Waals surface area (Å²) in [5.74, 6) is 1.66. The number of ether oxygens (including phenoxy) is 1. The Bertz CT molecular complexity index is 587. The molecule has 1 aromatic heterocycles. The van der Waals surface area contributed by atoms with E-state index in [9.17, 15) is 0 Å². The van der Waals surface area contributed by atoms with Gasteiger partial charge in [0.2, 0.25) is 0 Å². The summed E-state index contributed by atoms with van der Waals surface area (Å²) in [7, 11) is 1.68. The van der Waals surface area contributed by atoms with Gasteiger partial charge in [0.25, 0.3) is 0 Å². The molecule has 1 N–H and O–H groups in total. The highest BCUT2D eigenvalue weighted by molar-refractivity contribution is 6.29. The fourth-order valence-electron chi connectivity index (χ4n) is 1.81. The maximum absolute atomic E-state index is 6.03. The molecular formula is C15H18ClN3O. The van der Waals surface area contributed by atoms with Crippen LogP contribution in [0.1, 0.15) is 31.2 Å². The van der Waals surface area contributed by atoms with Crippen molar-refractivity contribution in [2.24, 2.45) is 0 Å². The molecule has 20 heavy (non-hydrogen) atoms. The van der Waals surface area contributed by atoms with Crippen LogP contribution in [0.25, 0.3) is 0 Å². The van der Waals surface area contributed by atoms with Crippen molar-refractivity contribution in [3.63, 3.8) is 0 Å². The van der Waals surface area contributed by atoms with Crippen LogP contribution in [-0.4, -0.2) is 17.1 Å². The van der Waals surface area contributed by atoms with Gasteiger partial charge in [-0.1, -0.05) is 37.6 Å². The van der Waals surface area contributed by atoms with Crippen molar-refractivity contribution in [1.29, 1.82) is 0 Å². The van der Waals surface area contributed by atoms with Crippen molar-refractivity contribution < 1.29 is 4.74 Å². The number of hydrogen-bond donors (Lipinski definition) is 1. The molecule has 0 radical (unpaired) electrons. The van der Waals surface area contributed by atoms with E-state index >= 15 is 0 Å². The minimum Gasteiger partial charge on any atom is -0.380 e. The lowest BCUT2D eigenvalue weighted by Crippen LogP contribution is -2.02. The second-order valence-corrected chi connectivity index (χ2v) is 5.23. The molecule has 0 saturated carbocycles. The topological polar surface area (TPSA) is 47.0 Å². The van der Waals surface area contributed by atoms with Gasteiger partial charge in [0, 0.05) is 24.8 Å². The van der Waals surface area contributed by atoms with Gasteiger partial charge in [-0.25, -0.2) is 9.97 Å². The molecular weight excluding hydrogens is 274 g/mol. The van der Waals surface area contributed by atoms with Gasteiger partial charge >= 0.3 is 0 Å². The van der Waals surface area contributed by atoms with Crippen LogP contribution in [0.4, 0.5) is 11.5 Å². The molecule has 0 amide bonds. The smallest absolute Gasteiger partial charge is 0.135 e. The SMILES string of the molecule is COCc1cccc(Nc2cc(Cl)nc(C(C)C)n2)c1. The number of methoxy groups -OCH3 is 1. The summed E-state index contributed by atoms with van der Waals surface area (Å²) in [4.78, 5) is 8.68. The highest BCUT2D eigenvalue weighted by atomic mass is 35.5. The van der Waals surface area contributed by atoms with E-state index in [4.69, 9.17) is 16.3 Å². The molecule has 1 aromatic carbocycles. The van der Waals surface area contributed by atoms with Crippen molar-refractivity contribution in [2.75, 3.05) is 12.4 Å². The molecule has 0 bridgehead atoms. The number of aromatic nitrogens is 2. The van der Waals surface area contributed by atoms with Crippen LogP contribution < -0.4 is 5.32 Å². The Morgan fingerprint density at radius 2 is 2.05 bits per heavy atom. The molecule has 0 spiro atoms. The van der Waals surface area contributed by atoms with Crippen LogP contribution >= 0.6 is 11.6 Å². The second-order valence-electron chi connectivity index (χ2n) is 4.85. The van der Waals surface area contributed by atoms with E-state index in [-0.39, 0.29) is 5.92 Å². The van der Waals surface area contributed by atoms with E-state index < -0.39 is 0 Å². The van der Waals surface area contributed by atoms with Gasteiger partial charge in [0.1, 0.15) is 16.8 Å². The Labute approximate surface area is 124 Å². The van der Waals surface area contributed by atoms with Gasteiger partial charge in [-0.05, 0) is 17.7 Å². The lowest BCUT2D eigenvalue weighted by atomic mass is 10.2. The van der Waals surface area contributed by atoms with E-state index in [0.717, 1.165) is 17.1 Å². The Morgan fingerprint density at radius 1 is 1.25 bits per heavy atom. The first-order valence-corrected chi connectivity index (χ1v) is 6.85. The minimum absolute atomic E-state index is 0.231. The van der Waals surface area contributed by atoms with Crippen molar-refractivity contribution in [1.82, 2.24) is 9.97 Å². The van der Waals surface area contributed by atoms with Gasteiger partial charge in [-0.2, -0.15) is 0 Å². The predicted molar refractivity (Wildman–Crippen MR) is 81.6 cm³/mol. The summed E-state index contributed by atoms with van der Waals surface area (Å²) in [6.45, 7) is 4.65. The van der Waals surface area contributed by atoms with Crippen molar-refractivity contribution in [2.45, 2.75) is 26.4 Å². The van der Waals surface area contributed by atoms with Gasteiger partial charge in [0.05, 0.1) is 6.61 Å². The molecule has 0 aliphatic carbocycles. The fourth-order valence-corrected chi connectivity index (χ4v) is 2.00. The molecule has 2 rings (SSSR count). The van der Waals surface area contributed by atoms with Crippen LogP contribution in [0.3, 0.4) is 0 Å². The number of halogens is 1. The summed E-state index contributed by atoms with van der Waals surface area (Å²) in [6, 6.07) is 9.71. The van der Waals surface area contributed by atoms with E-state index in [2.05, 4.69) is 15.3 Å². The van der Waals surface area contributed by atoms with Crippen molar-refractivity contribution in [3.05, 3.63) is 46.9 Å². The number of rotatable bonds is 5. The van der Waals surface area contributed by atoms with Gasteiger partial charge < -0.3 is 10.1 Å². The molecule has 0 aliphatic rings. The normalized spacial score (nSPS) is 10.8. The number of nitrogens with zero attached hydrogens (tertiary/aromatic N) is 2. The van der Waals surface area contributed by atoms with Gasteiger partial charge in [0.15, 0.2) is 0 Å². The summed E-state index contributed by atoms with van der Waals surface area (Å²) >= 11 is 6.03. The first-order valence-electron chi connectivity index (χ1n) is 6.48. The quantitative estimate of drug-likeness (QED) is 0.841. The zero-order valence-corrected chi connectivity index (χ0v) is 12.6. The third kappa shape index (κ3) is 3.92. The molecule has 0 unspecified atom stereocenters. The summed E-state index contributed by atoms with van der Waals surface area (Å²) < 4.78 is 5.13. The molecule has 4 nitrogen and oxygen atoms in total. The van der Waals surface area contributed by atoms with Crippen LogP contribution in [0.5, 0.6) is 0 Å². The lowest BCUT2D eigenvalue weighted by Gasteiger charge is -2.10. The fraction of sp³-hybridized carbons (Fsp3) is 0.333. The van der Waals surface area contributed by atoms with Crippen LogP contribution in [0, 0.1) is 0 Å². The second kappa shape index (κ2) is 6.68. The first-order chi connectivity index (χ1) is 9.58. The Kier molecular flexibility index (Phi) is 4.93. The summed E-state index contributed by atoms with van der Waals surface area (Å²) in [5.41, 5.74) is 2.05. The zero-order valence-electron chi connectivity index (χ0n) is 11.9. The Balaban J connectivity index is 2.23. The zero-order chi connectivity index (χ0) is 14.5. The summed E-state index contributed by atoms with van der Waals surface area (Å²) in [6.07, 6.45) is 0. The Morgan fingerprint density at radius 3 is 2.75 bits per heavy atom. The number of hydrogen-bond acceptors (Lipinski definition) is 4. The Hall–Kier alpha value is -1.65. The molecule has 5 heteroatoms. The molecule has 1 heterocycles. The number of benzene rings is 1. The van der Waals surface area contributed by atoms with Crippen LogP contribution in [-0.2, 0) is 11.3 Å². The summed E-state index contributed by atoms with van der Waals surface area (Å²) in [5, 5.41) is 3.69. The number of nitrogens with one attached hydrogen (secondary N) is 1. The molecule has 2 aromatic rings. The maximum Gasteiger partial charge on any atom is 0.135 e. The van der Waals surface area contributed by atoms with Gasteiger partial charge in [-0.15, -0.1) is 0 Å².